The van der Waals surface area contributed by atoms with Crippen LogP contribution in [0, 0.1) is 5.92 Å². The van der Waals surface area contributed by atoms with Crippen LogP contribution in [-0.4, -0.2) is 47.7 Å². The zero-order valence-corrected chi connectivity index (χ0v) is 16.0. The van der Waals surface area contributed by atoms with Crippen molar-refractivity contribution in [1.82, 2.24) is 10.6 Å². The molecule has 0 aliphatic carbocycles. The number of carbonyl (C=O) groups excluding carboxylic acids is 3. The summed E-state index contributed by atoms with van der Waals surface area (Å²) < 4.78 is 5.26. The number of cyclic esters (lactones) is 1. The summed E-state index contributed by atoms with van der Waals surface area (Å²) in [4.78, 5) is 36.5. The molecule has 0 aromatic carbocycles. The van der Waals surface area contributed by atoms with Crippen LogP contribution >= 0.6 is 0 Å². The third-order valence-corrected chi connectivity index (χ3v) is 4.13. The van der Waals surface area contributed by atoms with Gasteiger partial charge in [-0.3, -0.25) is 14.4 Å². The van der Waals surface area contributed by atoms with E-state index in [4.69, 9.17) is 9.84 Å². The third kappa shape index (κ3) is 8.99. The van der Waals surface area contributed by atoms with Crippen LogP contribution in [0.4, 0.5) is 0 Å². The van der Waals surface area contributed by atoms with Crippen molar-refractivity contribution < 1.29 is 24.2 Å². The lowest BCUT2D eigenvalue weighted by Crippen LogP contribution is -2.50. The number of aliphatic hydroxyl groups excluding tert-OH is 1. The summed E-state index contributed by atoms with van der Waals surface area (Å²) in [6.45, 7) is 5.20. The maximum Gasteiger partial charge on any atom is 0.305 e. The van der Waals surface area contributed by atoms with Gasteiger partial charge in [0.2, 0.25) is 11.8 Å². The molecule has 0 bridgehead atoms. The second kappa shape index (κ2) is 11.0. The Morgan fingerprint density at radius 2 is 2.12 bits per heavy atom. The van der Waals surface area contributed by atoms with Gasteiger partial charge in [-0.2, -0.15) is 0 Å². The van der Waals surface area contributed by atoms with E-state index in [-0.39, 0.29) is 43.5 Å². The van der Waals surface area contributed by atoms with Gasteiger partial charge in [-0.05, 0) is 46.5 Å². The van der Waals surface area contributed by atoms with E-state index in [1.807, 2.05) is 12.2 Å². The third-order valence-electron chi connectivity index (χ3n) is 4.13. The second-order valence-electron chi connectivity index (χ2n) is 7.54. The van der Waals surface area contributed by atoms with Crippen molar-refractivity contribution >= 4 is 17.8 Å². The molecule has 7 heteroatoms. The molecule has 2 atom stereocenters. The molecule has 0 fully saturated rings. The molecule has 1 aliphatic rings. The van der Waals surface area contributed by atoms with E-state index >= 15 is 0 Å². The Balaban J connectivity index is 2.81. The lowest BCUT2D eigenvalue weighted by atomic mass is 9.96. The van der Waals surface area contributed by atoms with Crippen molar-refractivity contribution in [2.75, 3.05) is 13.2 Å². The average Bonchev–Trinajstić information content (AvgIpc) is 2.56. The predicted octanol–water partition coefficient (Wildman–Crippen LogP) is 1.45. The average molecular weight is 368 g/mol. The van der Waals surface area contributed by atoms with Crippen molar-refractivity contribution in [2.24, 2.45) is 5.92 Å². The van der Waals surface area contributed by atoms with Crippen LogP contribution in [0.1, 0.15) is 59.3 Å². The highest BCUT2D eigenvalue weighted by Crippen LogP contribution is 2.15. The Labute approximate surface area is 155 Å². The van der Waals surface area contributed by atoms with E-state index in [1.54, 1.807) is 20.8 Å². The predicted molar refractivity (Wildman–Crippen MR) is 98.2 cm³/mol. The molecule has 0 radical (unpaired) electrons. The van der Waals surface area contributed by atoms with Crippen molar-refractivity contribution in [2.45, 2.75) is 70.9 Å². The van der Waals surface area contributed by atoms with Gasteiger partial charge >= 0.3 is 5.97 Å². The highest BCUT2D eigenvalue weighted by Gasteiger charge is 2.28. The molecule has 2 amide bonds. The minimum Gasteiger partial charge on any atom is -0.463 e. The molecule has 0 saturated carbocycles. The van der Waals surface area contributed by atoms with Gasteiger partial charge in [-0.25, -0.2) is 0 Å². The molecular weight excluding hydrogens is 336 g/mol. The van der Waals surface area contributed by atoms with Crippen LogP contribution in [0.25, 0.3) is 0 Å². The van der Waals surface area contributed by atoms with E-state index in [0.717, 1.165) is 19.3 Å². The largest absolute Gasteiger partial charge is 0.463 e. The van der Waals surface area contributed by atoms with Crippen LogP contribution < -0.4 is 10.6 Å². The highest BCUT2D eigenvalue weighted by molar-refractivity contribution is 5.86. The summed E-state index contributed by atoms with van der Waals surface area (Å²) in [6, 6.07) is -0.351. The Morgan fingerprint density at radius 3 is 2.81 bits per heavy atom. The first-order chi connectivity index (χ1) is 12.2. The molecule has 7 nitrogen and oxygen atoms in total. The van der Waals surface area contributed by atoms with E-state index in [0.29, 0.717) is 12.8 Å². The fourth-order valence-corrected chi connectivity index (χ4v) is 2.60. The van der Waals surface area contributed by atoms with Gasteiger partial charge in [0.25, 0.3) is 0 Å². The number of allylic oxidation sites excluding steroid dienone is 2. The van der Waals surface area contributed by atoms with E-state index in [1.165, 1.54) is 0 Å². The van der Waals surface area contributed by atoms with Gasteiger partial charge < -0.3 is 20.5 Å². The van der Waals surface area contributed by atoms with Crippen molar-refractivity contribution in [3.63, 3.8) is 0 Å². The molecule has 0 aromatic rings. The summed E-state index contributed by atoms with van der Waals surface area (Å²) in [6.07, 6.45) is 7.24. The van der Waals surface area contributed by atoms with Crippen molar-refractivity contribution in [1.29, 1.82) is 0 Å². The summed E-state index contributed by atoms with van der Waals surface area (Å²) in [7, 11) is 0. The Kier molecular flexibility index (Phi) is 9.34. The van der Waals surface area contributed by atoms with Gasteiger partial charge in [0.05, 0.1) is 18.1 Å². The minimum absolute atomic E-state index is 0.0381. The Morgan fingerprint density at radius 1 is 1.38 bits per heavy atom. The maximum atomic E-state index is 12.7. The second-order valence-corrected chi connectivity index (χ2v) is 7.54. The Hall–Kier alpha value is -1.89. The van der Waals surface area contributed by atoms with Crippen LogP contribution in [0.15, 0.2) is 12.2 Å². The van der Waals surface area contributed by atoms with E-state index in [9.17, 15) is 14.4 Å². The number of hydrogen-bond acceptors (Lipinski definition) is 5. The zero-order valence-electron chi connectivity index (χ0n) is 16.0. The topological polar surface area (TPSA) is 105 Å². The molecule has 1 aliphatic heterocycles. The summed E-state index contributed by atoms with van der Waals surface area (Å²) in [5.74, 6) is -1.30. The van der Waals surface area contributed by atoms with Crippen LogP contribution in [0.5, 0.6) is 0 Å². The molecule has 148 valence electrons. The number of aliphatic hydroxyl groups is 1. The zero-order chi connectivity index (χ0) is 19.6. The fraction of sp³-hybridized carbons (Fsp3) is 0.737. The first-order valence-electron chi connectivity index (χ1n) is 9.26. The van der Waals surface area contributed by atoms with Crippen molar-refractivity contribution in [3.05, 3.63) is 12.2 Å². The summed E-state index contributed by atoms with van der Waals surface area (Å²) in [5.41, 5.74) is -0.715. The Bertz CT molecular complexity index is 516. The number of amides is 2. The first-order valence-corrected chi connectivity index (χ1v) is 9.26. The van der Waals surface area contributed by atoms with Crippen molar-refractivity contribution in [3.8, 4) is 0 Å². The van der Waals surface area contributed by atoms with E-state index < -0.39 is 11.5 Å². The molecule has 0 spiro atoms. The summed E-state index contributed by atoms with van der Waals surface area (Å²) in [5, 5.41) is 14.6. The molecule has 3 N–H and O–H groups in total. The summed E-state index contributed by atoms with van der Waals surface area (Å²) >= 11 is 0. The number of carbonyl (C=O) groups is 3. The first kappa shape index (κ1) is 22.2. The van der Waals surface area contributed by atoms with Gasteiger partial charge in [0.15, 0.2) is 0 Å². The number of rotatable bonds is 4. The molecule has 1 heterocycles. The van der Waals surface area contributed by atoms with Crippen LogP contribution in [0.3, 0.4) is 0 Å². The van der Waals surface area contributed by atoms with E-state index in [2.05, 4.69) is 10.6 Å². The molecule has 0 unspecified atom stereocenters. The quantitative estimate of drug-likeness (QED) is 0.515. The molecule has 26 heavy (non-hydrogen) atoms. The van der Waals surface area contributed by atoms with Crippen LogP contribution in [0.2, 0.25) is 0 Å². The highest BCUT2D eigenvalue weighted by atomic mass is 16.5. The van der Waals surface area contributed by atoms with Gasteiger partial charge in [0.1, 0.15) is 6.61 Å². The van der Waals surface area contributed by atoms with Crippen LogP contribution in [-0.2, 0) is 19.1 Å². The van der Waals surface area contributed by atoms with Gasteiger partial charge in [-0.15, -0.1) is 0 Å². The smallest absolute Gasteiger partial charge is 0.305 e. The monoisotopic (exact) mass is 368 g/mol. The lowest BCUT2D eigenvalue weighted by molar-refractivity contribution is -0.147. The molecule has 0 saturated heterocycles. The SMILES string of the molecule is C[C@@H](CO)NC(=O)C[C@H]1CC=CCCCCC(=O)OCC(C)(C)NC1=O. The fourth-order valence-electron chi connectivity index (χ4n) is 2.60. The normalized spacial score (nSPS) is 23.3. The lowest BCUT2D eigenvalue weighted by Gasteiger charge is -2.28. The molecule has 1 rings (SSSR count). The number of nitrogens with one attached hydrogen (secondary N) is 2. The number of hydrogen-bond donors (Lipinski definition) is 3. The minimum atomic E-state index is -0.715. The number of ether oxygens (including phenoxy) is 1. The molecule has 0 aromatic heterocycles. The number of esters is 1. The van der Waals surface area contributed by atoms with Gasteiger partial charge in [-0.1, -0.05) is 12.2 Å². The molecular formula is C19H32N2O5. The van der Waals surface area contributed by atoms with Gasteiger partial charge in [0, 0.05) is 18.9 Å². The standard InChI is InChI=1S/C19H32N2O5/c1-14(12-22)20-16(23)11-15-9-7-5-4-6-8-10-17(24)26-13-19(2,3)21-18(15)25/h5,7,14-15,22H,4,6,8-13H2,1-3H3,(H,20,23)(H,21,25)/t14-,15+/m0/s1. The maximum absolute atomic E-state index is 12.7.